The van der Waals surface area contributed by atoms with Gasteiger partial charge in [-0.25, -0.2) is 19.8 Å². The molecule has 1 atom stereocenters. The third-order valence-electron chi connectivity index (χ3n) is 6.28. The number of fused-ring (bicyclic) bond motifs is 3. The second kappa shape index (κ2) is 12.0. The van der Waals surface area contributed by atoms with Crippen molar-refractivity contribution >= 4 is 18.2 Å². The Morgan fingerprint density at radius 2 is 1.41 bits per heavy atom. The van der Waals surface area contributed by atoms with Crippen molar-refractivity contribution in [2.45, 2.75) is 51.3 Å². The molecule has 3 aromatic carbocycles. The van der Waals surface area contributed by atoms with Crippen LogP contribution in [0.1, 0.15) is 48.9 Å². The van der Waals surface area contributed by atoms with Crippen LogP contribution >= 0.6 is 0 Å². The lowest BCUT2D eigenvalue weighted by Gasteiger charge is -2.19. The van der Waals surface area contributed by atoms with Gasteiger partial charge in [-0.3, -0.25) is 5.43 Å². The number of alkyl carbamates (subject to hydrolysis) is 1. The molecule has 4 N–H and O–H groups in total. The number of hydrogen-bond acceptors (Lipinski definition) is 6. The summed E-state index contributed by atoms with van der Waals surface area (Å²) in [5.41, 5.74) is 10.6. The third kappa shape index (κ3) is 7.36. The van der Waals surface area contributed by atoms with Gasteiger partial charge >= 0.3 is 18.2 Å². The molecule has 4 rings (SSSR count). The average molecular weight is 532 g/mol. The van der Waals surface area contributed by atoms with Crippen LogP contribution in [0.4, 0.5) is 9.59 Å². The molecule has 1 aliphatic rings. The molecule has 0 spiro atoms. The van der Waals surface area contributed by atoms with Crippen LogP contribution in [-0.4, -0.2) is 41.5 Å². The second-order valence-corrected chi connectivity index (χ2v) is 10.4. The molecule has 0 saturated carbocycles. The summed E-state index contributed by atoms with van der Waals surface area (Å²) in [7, 11) is 0. The zero-order valence-electron chi connectivity index (χ0n) is 22.2. The molecule has 0 fully saturated rings. The zero-order chi connectivity index (χ0) is 28.0. The summed E-state index contributed by atoms with van der Waals surface area (Å²) in [6.07, 6.45) is -1.27. The van der Waals surface area contributed by atoms with Crippen LogP contribution in [-0.2, 0) is 27.2 Å². The summed E-state index contributed by atoms with van der Waals surface area (Å²) in [6, 6.07) is 22.0. The van der Waals surface area contributed by atoms with Gasteiger partial charge in [-0.05, 0) is 54.2 Å². The van der Waals surface area contributed by atoms with Gasteiger partial charge in [0.25, 0.3) is 0 Å². The number of amides is 2. The number of aliphatic carboxylic acids is 1. The Balaban J connectivity index is 1.29. The lowest BCUT2D eigenvalue weighted by atomic mass is 9.98. The lowest BCUT2D eigenvalue weighted by molar-refractivity contribution is -0.139. The minimum atomic E-state index is -1.16. The Bertz CT molecular complexity index is 1290. The highest BCUT2D eigenvalue weighted by Crippen LogP contribution is 2.44. The summed E-state index contributed by atoms with van der Waals surface area (Å²) < 4.78 is 10.7. The van der Waals surface area contributed by atoms with E-state index >= 15 is 0 Å². The van der Waals surface area contributed by atoms with Gasteiger partial charge in [-0.2, -0.15) is 0 Å². The van der Waals surface area contributed by atoms with Crippen molar-refractivity contribution in [3.63, 3.8) is 0 Å². The first-order valence-electron chi connectivity index (χ1n) is 12.7. The number of rotatable bonds is 9. The first kappa shape index (κ1) is 27.7. The first-order valence-corrected chi connectivity index (χ1v) is 12.7. The Morgan fingerprint density at radius 3 is 1.97 bits per heavy atom. The SMILES string of the molecule is CC(C)(C)OC(=O)NNCc1ccc(CC(NC(=O)OCC2c3ccccc3-c3ccccc32)C(=O)O)cc1. The standard InChI is InChI=1S/C30H33N3O6/c1-30(2,3)39-29(37)33-31-17-20-14-12-19(13-15-20)16-26(27(34)35)32-28(36)38-18-25-23-10-6-4-8-21(23)22-9-5-7-11-24(22)25/h4-15,25-26,31H,16-18H2,1-3H3,(H,32,36)(H,33,37)(H,34,35). The van der Waals surface area contributed by atoms with Gasteiger partial charge in [0.15, 0.2) is 0 Å². The number of carbonyl (C=O) groups is 3. The number of carboxylic acids is 1. The van der Waals surface area contributed by atoms with E-state index in [4.69, 9.17) is 9.47 Å². The summed E-state index contributed by atoms with van der Waals surface area (Å²) in [6.45, 7) is 5.78. The van der Waals surface area contributed by atoms with E-state index in [1.807, 2.05) is 60.7 Å². The predicted octanol–water partition coefficient (Wildman–Crippen LogP) is 4.75. The van der Waals surface area contributed by atoms with Crippen molar-refractivity contribution < 1.29 is 29.0 Å². The molecule has 39 heavy (non-hydrogen) atoms. The molecule has 0 aromatic heterocycles. The highest BCUT2D eigenvalue weighted by molar-refractivity contribution is 5.81. The second-order valence-electron chi connectivity index (χ2n) is 10.4. The van der Waals surface area contributed by atoms with E-state index in [2.05, 4.69) is 16.2 Å². The van der Waals surface area contributed by atoms with Crippen molar-refractivity contribution in [1.82, 2.24) is 16.2 Å². The molecular weight excluding hydrogens is 498 g/mol. The zero-order valence-corrected chi connectivity index (χ0v) is 22.2. The Morgan fingerprint density at radius 1 is 0.846 bits per heavy atom. The first-order chi connectivity index (χ1) is 18.6. The number of ether oxygens (including phenoxy) is 2. The summed E-state index contributed by atoms with van der Waals surface area (Å²) in [4.78, 5) is 36.2. The summed E-state index contributed by atoms with van der Waals surface area (Å²) in [5.74, 6) is -1.27. The maximum Gasteiger partial charge on any atom is 0.422 e. The quantitative estimate of drug-likeness (QED) is 0.294. The number of hydrogen-bond donors (Lipinski definition) is 4. The molecule has 2 amide bonds. The molecule has 3 aromatic rings. The average Bonchev–Trinajstić information content (AvgIpc) is 3.20. The minimum absolute atomic E-state index is 0.0867. The summed E-state index contributed by atoms with van der Waals surface area (Å²) >= 11 is 0. The number of benzene rings is 3. The third-order valence-corrected chi connectivity index (χ3v) is 6.28. The van der Waals surface area contributed by atoms with E-state index in [0.29, 0.717) is 6.54 Å². The molecule has 0 saturated heterocycles. The molecule has 0 radical (unpaired) electrons. The van der Waals surface area contributed by atoms with Gasteiger partial charge in [0.1, 0.15) is 18.2 Å². The van der Waals surface area contributed by atoms with Crippen molar-refractivity contribution in [2.75, 3.05) is 6.61 Å². The van der Waals surface area contributed by atoms with Gasteiger partial charge in [-0.15, -0.1) is 0 Å². The summed E-state index contributed by atoms with van der Waals surface area (Å²) in [5, 5.41) is 12.2. The van der Waals surface area contributed by atoms with Crippen LogP contribution in [0.25, 0.3) is 11.1 Å². The van der Waals surface area contributed by atoms with E-state index in [-0.39, 0.29) is 18.9 Å². The van der Waals surface area contributed by atoms with E-state index in [0.717, 1.165) is 33.4 Å². The molecule has 0 bridgehead atoms. The largest absolute Gasteiger partial charge is 0.480 e. The molecule has 204 valence electrons. The van der Waals surface area contributed by atoms with E-state index < -0.39 is 29.8 Å². The Labute approximate surface area is 227 Å². The number of carbonyl (C=O) groups excluding carboxylic acids is 2. The minimum Gasteiger partial charge on any atom is -0.480 e. The lowest BCUT2D eigenvalue weighted by Crippen LogP contribution is -2.43. The van der Waals surface area contributed by atoms with Crippen LogP contribution in [0.15, 0.2) is 72.8 Å². The topological polar surface area (TPSA) is 126 Å². The van der Waals surface area contributed by atoms with Crippen LogP contribution in [0.3, 0.4) is 0 Å². The molecule has 0 heterocycles. The van der Waals surface area contributed by atoms with Gasteiger partial charge in [0.05, 0.1) is 0 Å². The monoisotopic (exact) mass is 531 g/mol. The van der Waals surface area contributed by atoms with E-state index in [9.17, 15) is 19.5 Å². The molecule has 9 heteroatoms. The maximum absolute atomic E-state index is 12.6. The Kier molecular flexibility index (Phi) is 8.51. The number of hydrazine groups is 1. The van der Waals surface area contributed by atoms with Crippen LogP contribution in [0.5, 0.6) is 0 Å². The highest BCUT2D eigenvalue weighted by Gasteiger charge is 2.29. The van der Waals surface area contributed by atoms with Gasteiger partial charge in [0, 0.05) is 18.9 Å². The fourth-order valence-electron chi connectivity index (χ4n) is 4.53. The smallest absolute Gasteiger partial charge is 0.422 e. The predicted molar refractivity (Wildman–Crippen MR) is 146 cm³/mol. The highest BCUT2D eigenvalue weighted by atomic mass is 16.6. The molecule has 1 aliphatic carbocycles. The molecule has 9 nitrogen and oxygen atoms in total. The maximum atomic E-state index is 12.6. The number of nitrogens with one attached hydrogen (secondary N) is 3. The fraction of sp³-hybridized carbons (Fsp3) is 0.300. The van der Waals surface area contributed by atoms with Crippen molar-refractivity contribution in [3.8, 4) is 11.1 Å². The Hall–Kier alpha value is -4.37. The van der Waals surface area contributed by atoms with Crippen LogP contribution < -0.4 is 16.2 Å². The normalized spacial score (nSPS) is 13.1. The number of carboxylic acid groups (broad SMARTS) is 1. The fourth-order valence-corrected chi connectivity index (χ4v) is 4.53. The van der Waals surface area contributed by atoms with E-state index in [1.54, 1.807) is 32.9 Å². The molecular formula is C30H33N3O6. The van der Waals surface area contributed by atoms with Gasteiger partial charge in [-0.1, -0.05) is 72.8 Å². The van der Waals surface area contributed by atoms with Crippen molar-refractivity contribution in [2.24, 2.45) is 0 Å². The van der Waals surface area contributed by atoms with Gasteiger partial charge in [0.2, 0.25) is 0 Å². The van der Waals surface area contributed by atoms with Crippen molar-refractivity contribution in [3.05, 3.63) is 95.1 Å². The van der Waals surface area contributed by atoms with Crippen molar-refractivity contribution in [1.29, 1.82) is 0 Å². The van der Waals surface area contributed by atoms with Crippen LogP contribution in [0, 0.1) is 0 Å². The van der Waals surface area contributed by atoms with E-state index in [1.165, 1.54) is 0 Å². The van der Waals surface area contributed by atoms with Gasteiger partial charge < -0.3 is 19.9 Å². The molecule has 1 unspecified atom stereocenters. The molecule has 0 aliphatic heterocycles. The van der Waals surface area contributed by atoms with Crippen LogP contribution in [0.2, 0.25) is 0 Å².